The van der Waals surface area contributed by atoms with Gasteiger partial charge in [0.25, 0.3) is 0 Å². The second kappa shape index (κ2) is 6.98. The van der Waals surface area contributed by atoms with Gasteiger partial charge in [-0.15, -0.1) is 5.10 Å². The molecule has 0 saturated carbocycles. The van der Waals surface area contributed by atoms with Crippen LogP contribution >= 0.6 is 23.1 Å². The molecule has 0 bridgehead atoms. The molecule has 102 valence electrons. The third kappa shape index (κ3) is 3.53. The number of hydrogen-bond acceptors (Lipinski definition) is 4. The van der Waals surface area contributed by atoms with Gasteiger partial charge in [0, 0.05) is 11.1 Å². The summed E-state index contributed by atoms with van der Waals surface area (Å²) in [5.41, 5.74) is 2.26. The Balaban J connectivity index is 2.20. The lowest BCUT2D eigenvalue weighted by Crippen LogP contribution is -2.19. The van der Waals surface area contributed by atoms with Crippen LogP contribution < -0.4 is 5.32 Å². The van der Waals surface area contributed by atoms with E-state index in [2.05, 4.69) is 27.9 Å². The fourth-order valence-electron chi connectivity index (χ4n) is 2.10. The van der Waals surface area contributed by atoms with E-state index in [4.69, 9.17) is 11.6 Å². The topological polar surface area (TPSA) is 37.8 Å². The molecule has 0 saturated heterocycles. The predicted molar refractivity (Wildman–Crippen MR) is 80.9 cm³/mol. The van der Waals surface area contributed by atoms with Crippen LogP contribution in [0.25, 0.3) is 0 Å². The summed E-state index contributed by atoms with van der Waals surface area (Å²) in [5, 5.41) is 8.40. The minimum atomic E-state index is 0.224. The summed E-state index contributed by atoms with van der Waals surface area (Å²) >= 11 is 7.71. The Hall–Kier alpha value is -0.970. The van der Waals surface area contributed by atoms with Gasteiger partial charge in [0.2, 0.25) is 0 Å². The number of likely N-dealkylation sites (N-methyl/N-ethyl adjacent to an activating group) is 1. The fraction of sp³-hybridized carbons (Fsp3) is 0.429. The molecular weight excluding hydrogens is 278 g/mol. The number of benzene rings is 1. The number of rotatable bonds is 6. The Morgan fingerprint density at radius 1 is 1.37 bits per heavy atom. The highest BCUT2D eigenvalue weighted by atomic mass is 35.5. The highest BCUT2D eigenvalue weighted by Gasteiger charge is 2.18. The lowest BCUT2D eigenvalue weighted by atomic mass is 10.0. The van der Waals surface area contributed by atoms with Crippen molar-refractivity contribution in [1.82, 2.24) is 14.9 Å². The third-order valence-electron chi connectivity index (χ3n) is 3.12. The van der Waals surface area contributed by atoms with Crippen LogP contribution in [0.4, 0.5) is 0 Å². The first-order chi connectivity index (χ1) is 9.26. The van der Waals surface area contributed by atoms with Crippen molar-refractivity contribution in [3.63, 3.8) is 0 Å². The van der Waals surface area contributed by atoms with Crippen molar-refractivity contribution in [1.29, 1.82) is 0 Å². The summed E-state index contributed by atoms with van der Waals surface area (Å²) in [5.74, 6) is 0. The number of nitrogens with zero attached hydrogens (tertiary/aromatic N) is 2. The van der Waals surface area contributed by atoms with Crippen molar-refractivity contribution in [3.8, 4) is 0 Å². The first-order valence-electron chi connectivity index (χ1n) is 6.48. The summed E-state index contributed by atoms with van der Waals surface area (Å²) in [6.07, 6.45) is 2.92. The van der Waals surface area contributed by atoms with E-state index in [1.807, 2.05) is 25.2 Å². The van der Waals surface area contributed by atoms with Gasteiger partial charge in [0.1, 0.15) is 0 Å². The zero-order valence-electron chi connectivity index (χ0n) is 11.2. The Morgan fingerprint density at radius 2 is 2.16 bits per heavy atom. The predicted octanol–water partition coefficient (Wildman–Crippen LogP) is 3.65. The second-order valence-corrected chi connectivity index (χ2v) is 5.66. The molecule has 2 aromatic rings. The second-order valence-electron chi connectivity index (χ2n) is 4.47. The quantitative estimate of drug-likeness (QED) is 0.884. The monoisotopic (exact) mass is 295 g/mol. The molecule has 1 N–H and O–H groups in total. The molecule has 0 aliphatic carbocycles. The van der Waals surface area contributed by atoms with Crippen LogP contribution in [0.2, 0.25) is 5.02 Å². The smallest absolute Gasteiger partial charge is 0.0803 e. The zero-order valence-corrected chi connectivity index (χ0v) is 12.8. The molecule has 0 spiro atoms. The van der Waals surface area contributed by atoms with Crippen molar-refractivity contribution in [3.05, 3.63) is 45.4 Å². The van der Waals surface area contributed by atoms with Crippen LogP contribution in [0.1, 0.15) is 35.5 Å². The molecule has 1 atom stereocenters. The van der Waals surface area contributed by atoms with Crippen LogP contribution in [0, 0.1) is 0 Å². The maximum Gasteiger partial charge on any atom is 0.0803 e. The Bertz CT molecular complexity index is 527. The molecule has 0 aliphatic rings. The van der Waals surface area contributed by atoms with Crippen LogP contribution in [0.15, 0.2) is 24.3 Å². The third-order valence-corrected chi connectivity index (χ3v) is 4.37. The van der Waals surface area contributed by atoms with E-state index in [0.717, 1.165) is 35.5 Å². The normalized spacial score (nSPS) is 12.6. The molecule has 3 nitrogen and oxygen atoms in total. The fourth-order valence-corrected chi connectivity index (χ4v) is 3.12. The highest BCUT2D eigenvalue weighted by Crippen LogP contribution is 2.27. The van der Waals surface area contributed by atoms with Crippen molar-refractivity contribution in [2.24, 2.45) is 0 Å². The van der Waals surface area contributed by atoms with Crippen molar-refractivity contribution in [2.45, 2.75) is 32.2 Å². The molecule has 5 heteroatoms. The van der Waals surface area contributed by atoms with Gasteiger partial charge in [-0.3, -0.25) is 0 Å². The first kappa shape index (κ1) is 14.4. The Morgan fingerprint density at radius 3 is 2.84 bits per heavy atom. The molecule has 0 fully saturated rings. The minimum Gasteiger partial charge on any atom is -0.312 e. The summed E-state index contributed by atoms with van der Waals surface area (Å²) < 4.78 is 4.09. The standard InChI is InChI=1S/C14H18ClN3S/c1-3-6-12-14(19-18-17-12)13(16-2)9-10-7-4-5-8-11(10)15/h4-5,7-8,13,16H,3,6,9H2,1-2H3. The van der Waals surface area contributed by atoms with Gasteiger partial charge in [0.05, 0.1) is 10.6 Å². The van der Waals surface area contributed by atoms with Gasteiger partial charge in [-0.25, -0.2) is 0 Å². The Kier molecular flexibility index (Phi) is 5.31. The number of halogens is 1. The van der Waals surface area contributed by atoms with Crippen molar-refractivity contribution in [2.75, 3.05) is 7.05 Å². The molecule has 1 aromatic heterocycles. The molecule has 19 heavy (non-hydrogen) atoms. The van der Waals surface area contributed by atoms with E-state index in [0.29, 0.717) is 0 Å². The van der Waals surface area contributed by atoms with Crippen molar-refractivity contribution < 1.29 is 0 Å². The van der Waals surface area contributed by atoms with Crippen LogP contribution in [0.3, 0.4) is 0 Å². The van der Waals surface area contributed by atoms with Crippen LogP contribution in [-0.2, 0) is 12.8 Å². The summed E-state index contributed by atoms with van der Waals surface area (Å²) in [6, 6.07) is 8.20. The van der Waals surface area contributed by atoms with Crippen molar-refractivity contribution >= 4 is 23.1 Å². The molecule has 2 rings (SSSR count). The molecule has 0 aliphatic heterocycles. The number of aromatic nitrogens is 2. The average molecular weight is 296 g/mol. The van der Waals surface area contributed by atoms with E-state index in [1.165, 1.54) is 16.4 Å². The zero-order chi connectivity index (χ0) is 13.7. The maximum atomic E-state index is 6.23. The summed E-state index contributed by atoms with van der Waals surface area (Å²) in [4.78, 5) is 1.23. The largest absolute Gasteiger partial charge is 0.312 e. The molecular formula is C14H18ClN3S. The minimum absolute atomic E-state index is 0.224. The average Bonchev–Trinajstić information content (AvgIpc) is 2.86. The van der Waals surface area contributed by atoms with Crippen LogP contribution in [0.5, 0.6) is 0 Å². The van der Waals surface area contributed by atoms with E-state index in [1.54, 1.807) is 0 Å². The summed E-state index contributed by atoms with van der Waals surface area (Å²) in [7, 11) is 1.97. The Labute approximate surface area is 123 Å². The molecule has 0 radical (unpaired) electrons. The molecule has 1 aromatic carbocycles. The van der Waals surface area contributed by atoms with Gasteiger partial charge in [-0.2, -0.15) is 0 Å². The van der Waals surface area contributed by atoms with Gasteiger partial charge < -0.3 is 5.32 Å². The highest BCUT2D eigenvalue weighted by molar-refractivity contribution is 7.05. The number of nitrogens with one attached hydrogen (secondary N) is 1. The molecule has 1 unspecified atom stereocenters. The first-order valence-corrected chi connectivity index (χ1v) is 7.63. The number of hydrogen-bond donors (Lipinski definition) is 1. The van der Waals surface area contributed by atoms with Gasteiger partial charge in [0.15, 0.2) is 0 Å². The lowest BCUT2D eigenvalue weighted by Gasteiger charge is -2.16. The van der Waals surface area contributed by atoms with Crippen LogP contribution in [-0.4, -0.2) is 16.6 Å². The van der Waals surface area contributed by atoms with E-state index in [-0.39, 0.29) is 6.04 Å². The van der Waals surface area contributed by atoms with Gasteiger partial charge >= 0.3 is 0 Å². The van der Waals surface area contributed by atoms with Gasteiger partial charge in [-0.05, 0) is 43.1 Å². The van der Waals surface area contributed by atoms with E-state index < -0.39 is 0 Å². The van der Waals surface area contributed by atoms with E-state index >= 15 is 0 Å². The molecule has 1 heterocycles. The van der Waals surface area contributed by atoms with Gasteiger partial charge in [-0.1, -0.05) is 47.6 Å². The maximum absolute atomic E-state index is 6.23. The van der Waals surface area contributed by atoms with E-state index in [9.17, 15) is 0 Å². The lowest BCUT2D eigenvalue weighted by molar-refractivity contribution is 0.593. The number of aryl methyl sites for hydroxylation is 1. The molecule has 0 amide bonds. The summed E-state index contributed by atoms with van der Waals surface area (Å²) in [6.45, 7) is 2.16. The SMILES string of the molecule is CCCc1nnsc1C(Cc1ccccc1Cl)NC.